The molecule has 2 aromatic rings. The Kier molecular flexibility index (Phi) is 6.92. The molecule has 0 unspecified atom stereocenters. The second-order valence-corrected chi connectivity index (χ2v) is 7.78. The molecule has 3 rings (SSSR count). The number of benzene rings is 2. The van der Waals surface area contributed by atoms with E-state index in [1.54, 1.807) is 7.11 Å². The molecule has 1 amide bonds. The van der Waals surface area contributed by atoms with Crippen molar-refractivity contribution in [2.75, 3.05) is 26.7 Å². The van der Waals surface area contributed by atoms with Crippen molar-refractivity contribution in [2.24, 2.45) is 5.92 Å². The fourth-order valence-electron chi connectivity index (χ4n) is 3.57. The third-order valence-corrected chi connectivity index (χ3v) is 5.61. The average Bonchev–Trinajstić information content (AvgIpc) is 2.68. The van der Waals surface area contributed by atoms with E-state index in [1.165, 1.54) is 23.3 Å². The van der Waals surface area contributed by atoms with Crippen molar-refractivity contribution in [3.63, 3.8) is 0 Å². The minimum atomic E-state index is -0.588. The Morgan fingerprint density at radius 1 is 1.25 bits per heavy atom. The predicted octanol–water partition coefficient (Wildman–Crippen LogP) is 4.44. The first kappa shape index (κ1) is 20.6. The summed E-state index contributed by atoms with van der Waals surface area (Å²) < 4.78 is 19.1. The number of nitrogens with zero attached hydrogens (tertiary/aromatic N) is 1. The van der Waals surface area contributed by atoms with Crippen molar-refractivity contribution in [3.05, 3.63) is 63.9 Å². The quantitative estimate of drug-likeness (QED) is 0.773. The molecule has 0 saturated carbocycles. The van der Waals surface area contributed by atoms with E-state index in [0.717, 1.165) is 44.3 Å². The van der Waals surface area contributed by atoms with Gasteiger partial charge in [-0.1, -0.05) is 17.7 Å². The van der Waals surface area contributed by atoms with Crippen molar-refractivity contribution in [2.45, 2.75) is 26.3 Å². The first-order valence-corrected chi connectivity index (χ1v) is 9.93. The van der Waals surface area contributed by atoms with E-state index < -0.39 is 5.82 Å². The second kappa shape index (κ2) is 9.39. The second-order valence-electron chi connectivity index (χ2n) is 7.35. The zero-order chi connectivity index (χ0) is 20.1. The maximum absolute atomic E-state index is 13.8. The van der Waals surface area contributed by atoms with Gasteiger partial charge < -0.3 is 10.1 Å². The molecule has 150 valence electrons. The Bertz CT molecular complexity index is 835. The van der Waals surface area contributed by atoms with Gasteiger partial charge in [0.25, 0.3) is 5.91 Å². The van der Waals surface area contributed by atoms with Crippen molar-refractivity contribution in [1.29, 1.82) is 0 Å². The van der Waals surface area contributed by atoms with Crippen LogP contribution in [0.4, 0.5) is 4.39 Å². The van der Waals surface area contributed by atoms with Gasteiger partial charge in [0, 0.05) is 18.1 Å². The minimum absolute atomic E-state index is 0.0387. The molecule has 6 heteroatoms. The van der Waals surface area contributed by atoms with Gasteiger partial charge in [0.05, 0.1) is 12.7 Å². The molecule has 0 bridgehead atoms. The van der Waals surface area contributed by atoms with E-state index in [4.69, 9.17) is 16.3 Å². The Morgan fingerprint density at radius 2 is 2.00 bits per heavy atom. The van der Waals surface area contributed by atoms with Crippen LogP contribution in [0.2, 0.25) is 5.02 Å². The van der Waals surface area contributed by atoms with Gasteiger partial charge >= 0.3 is 0 Å². The molecular formula is C22H26ClFN2O2. The van der Waals surface area contributed by atoms with E-state index in [1.807, 2.05) is 6.07 Å². The molecule has 1 heterocycles. The molecule has 1 N–H and O–H groups in total. The number of methoxy groups -OCH3 is 1. The smallest absolute Gasteiger partial charge is 0.254 e. The lowest BCUT2D eigenvalue weighted by molar-refractivity contribution is 0.0931. The summed E-state index contributed by atoms with van der Waals surface area (Å²) in [5, 5.41) is 3.15. The van der Waals surface area contributed by atoms with Crippen molar-refractivity contribution in [3.8, 4) is 5.75 Å². The number of piperidine rings is 1. The summed E-state index contributed by atoms with van der Waals surface area (Å²) in [4.78, 5) is 14.6. The van der Waals surface area contributed by atoms with Crippen LogP contribution in [0, 0.1) is 18.7 Å². The summed E-state index contributed by atoms with van der Waals surface area (Å²) >= 11 is 5.73. The number of amides is 1. The molecule has 4 nitrogen and oxygen atoms in total. The van der Waals surface area contributed by atoms with Crippen LogP contribution in [0.15, 0.2) is 36.4 Å². The van der Waals surface area contributed by atoms with Crippen LogP contribution in [-0.2, 0) is 6.54 Å². The topological polar surface area (TPSA) is 41.6 Å². The molecule has 0 radical (unpaired) electrons. The number of ether oxygens (including phenoxy) is 1. The van der Waals surface area contributed by atoms with Gasteiger partial charge in [0.15, 0.2) is 0 Å². The monoisotopic (exact) mass is 404 g/mol. The number of nitrogens with one attached hydrogen (secondary N) is 1. The number of rotatable bonds is 6. The highest BCUT2D eigenvalue weighted by atomic mass is 35.5. The molecule has 0 aliphatic carbocycles. The van der Waals surface area contributed by atoms with Gasteiger partial charge in [0.2, 0.25) is 0 Å². The van der Waals surface area contributed by atoms with E-state index in [2.05, 4.69) is 29.3 Å². The fraction of sp³-hybridized carbons (Fsp3) is 0.409. The molecule has 0 atom stereocenters. The van der Waals surface area contributed by atoms with Gasteiger partial charge in [0.1, 0.15) is 11.6 Å². The van der Waals surface area contributed by atoms with Crippen molar-refractivity contribution in [1.82, 2.24) is 10.2 Å². The molecule has 1 fully saturated rings. The molecule has 0 aromatic heterocycles. The predicted molar refractivity (Wildman–Crippen MR) is 109 cm³/mol. The molecular weight excluding hydrogens is 379 g/mol. The third-order valence-electron chi connectivity index (χ3n) is 5.38. The number of likely N-dealkylation sites (tertiary alicyclic amines) is 1. The SMILES string of the molecule is COc1ccc(CN2CCC(CNC(=O)c3ccc(Cl)cc3F)CC2)c(C)c1. The molecule has 28 heavy (non-hydrogen) atoms. The average molecular weight is 405 g/mol. The van der Waals surface area contributed by atoms with Crippen LogP contribution in [-0.4, -0.2) is 37.6 Å². The Hall–Kier alpha value is -2.11. The maximum atomic E-state index is 13.8. The lowest BCUT2D eigenvalue weighted by Gasteiger charge is -2.32. The van der Waals surface area contributed by atoms with Gasteiger partial charge in [-0.25, -0.2) is 4.39 Å². The summed E-state index contributed by atoms with van der Waals surface area (Å²) in [6, 6.07) is 10.3. The Morgan fingerprint density at radius 3 is 2.64 bits per heavy atom. The highest BCUT2D eigenvalue weighted by Crippen LogP contribution is 2.22. The Labute approximate surface area is 170 Å². The molecule has 1 aliphatic heterocycles. The first-order valence-electron chi connectivity index (χ1n) is 9.55. The first-order chi connectivity index (χ1) is 13.5. The van der Waals surface area contributed by atoms with E-state index in [9.17, 15) is 9.18 Å². The van der Waals surface area contributed by atoms with Gasteiger partial charge in [-0.3, -0.25) is 9.69 Å². The summed E-state index contributed by atoms with van der Waals surface area (Å²) in [5.74, 6) is 0.320. The maximum Gasteiger partial charge on any atom is 0.254 e. The van der Waals surface area contributed by atoms with Crippen LogP contribution in [0.3, 0.4) is 0 Å². The lowest BCUT2D eigenvalue weighted by Crippen LogP contribution is -2.38. The molecule has 1 aliphatic rings. The van der Waals surface area contributed by atoms with E-state index >= 15 is 0 Å². The van der Waals surface area contributed by atoms with Crippen LogP contribution >= 0.6 is 11.6 Å². The summed E-state index contributed by atoms with van der Waals surface area (Å²) in [7, 11) is 1.68. The molecule has 0 spiro atoms. The number of carbonyl (C=O) groups is 1. The fourth-order valence-corrected chi connectivity index (χ4v) is 3.73. The minimum Gasteiger partial charge on any atom is -0.497 e. The number of hydrogen-bond donors (Lipinski definition) is 1. The number of halogens is 2. The normalized spacial score (nSPS) is 15.4. The zero-order valence-electron chi connectivity index (χ0n) is 16.3. The molecule has 2 aromatic carbocycles. The highest BCUT2D eigenvalue weighted by Gasteiger charge is 2.21. The summed E-state index contributed by atoms with van der Waals surface area (Å²) in [5.41, 5.74) is 2.58. The largest absolute Gasteiger partial charge is 0.497 e. The van der Waals surface area contributed by atoms with Gasteiger partial charge in [-0.05, 0) is 80.2 Å². The standard InChI is InChI=1S/C22H26ClFN2O2/c1-15-11-19(28-2)5-3-17(15)14-26-9-7-16(8-10-26)13-25-22(27)20-6-4-18(23)12-21(20)24/h3-6,11-12,16H,7-10,13-14H2,1-2H3,(H,25,27). The van der Waals surface area contributed by atoms with Crippen LogP contribution < -0.4 is 10.1 Å². The third kappa shape index (κ3) is 5.24. The van der Waals surface area contributed by atoms with E-state index in [0.29, 0.717) is 12.5 Å². The zero-order valence-corrected chi connectivity index (χ0v) is 17.1. The highest BCUT2D eigenvalue weighted by molar-refractivity contribution is 6.30. The van der Waals surface area contributed by atoms with Crippen LogP contribution in [0.5, 0.6) is 5.75 Å². The lowest BCUT2D eigenvalue weighted by atomic mass is 9.96. The van der Waals surface area contributed by atoms with Crippen molar-refractivity contribution < 1.29 is 13.9 Å². The van der Waals surface area contributed by atoms with E-state index in [-0.39, 0.29) is 16.5 Å². The summed E-state index contributed by atoms with van der Waals surface area (Å²) in [6.07, 6.45) is 2.02. The van der Waals surface area contributed by atoms with Crippen molar-refractivity contribution >= 4 is 17.5 Å². The number of aryl methyl sites for hydroxylation is 1. The number of carbonyl (C=O) groups excluding carboxylic acids is 1. The van der Waals surface area contributed by atoms with Crippen LogP contribution in [0.1, 0.15) is 34.3 Å². The summed E-state index contributed by atoms with van der Waals surface area (Å²) in [6.45, 7) is 5.57. The molecule has 1 saturated heterocycles. The Balaban J connectivity index is 1.46. The van der Waals surface area contributed by atoms with Crippen LogP contribution in [0.25, 0.3) is 0 Å². The van der Waals surface area contributed by atoms with Gasteiger partial charge in [-0.2, -0.15) is 0 Å². The van der Waals surface area contributed by atoms with Gasteiger partial charge in [-0.15, -0.1) is 0 Å². The number of hydrogen-bond acceptors (Lipinski definition) is 3.